The summed E-state index contributed by atoms with van der Waals surface area (Å²) < 4.78 is 0. The molecule has 122 valence electrons. The molecule has 23 heavy (non-hydrogen) atoms. The van der Waals surface area contributed by atoms with Crippen LogP contribution in [0.25, 0.3) is 0 Å². The second kappa shape index (κ2) is 10.1. The molecule has 0 atom stereocenters. The highest BCUT2D eigenvalue weighted by Crippen LogP contribution is 2.17. The maximum absolute atomic E-state index is 11.7. The quantitative estimate of drug-likeness (QED) is 0.540. The largest absolute Gasteiger partial charge is 0.356 e. The van der Waals surface area contributed by atoms with Gasteiger partial charge in [0.25, 0.3) is 5.91 Å². The highest BCUT2D eigenvalue weighted by molar-refractivity contribution is 7.99. The first-order valence-electron chi connectivity index (χ1n) is 7.52. The van der Waals surface area contributed by atoms with Crippen molar-refractivity contribution in [3.05, 3.63) is 52.7 Å². The van der Waals surface area contributed by atoms with Crippen LogP contribution in [-0.4, -0.2) is 30.7 Å². The van der Waals surface area contributed by atoms with Crippen molar-refractivity contribution in [3.63, 3.8) is 0 Å². The van der Waals surface area contributed by atoms with Crippen molar-refractivity contribution in [1.82, 2.24) is 10.6 Å². The second-order valence-electron chi connectivity index (χ2n) is 4.85. The highest BCUT2D eigenvalue weighted by Gasteiger charge is 2.06. The van der Waals surface area contributed by atoms with Gasteiger partial charge in [-0.05, 0) is 35.8 Å². The van der Waals surface area contributed by atoms with E-state index < -0.39 is 0 Å². The van der Waals surface area contributed by atoms with Gasteiger partial charge in [0.2, 0.25) is 5.91 Å². The summed E-state index contributed by atoms with van der Waals surface area (Å²) in [4.78, 5) is 25.3. The summed E-state index contributed by atoms with van der Waals surface area (Å²) >= 11 is 3.18. The van der Waals surface area contributed by atoms with Gasteiger partial charge in [0.05, 0.1) is 4.88 Å². The maximum atomic E-state index is 11.7. The Balaban J connectivity index is 1.49. The van der Waals surface area contributed by atoms with Crippen LogP contribution in [0.5, 0.6) is 0 Å². The van der Waals surface area contributed by atoms with Gasteiger partial charge in [-0.15, -0.1) is 23.1 Å². The van der Waals surface area contributed by atoms with Crippen LogP contribution in [-0.2, 0) is 4.79 Å². The first kappa shape index (κ1) is 17.6. The summed E-state index contributed by atoms with van der Waals surface area (Å²) in [5.41, 5.74) is 0. The van der Waals surface area contributed by atoms with Crippen molar-refractivity contribution in [1.29, 1.82) is 0 Å². The molecule has 2 rings (SSSR count). The van der Waals surface area contributed by atoms with E-state index in [1.807, 2.05) is 29.6 Å². The van der Waals surface area contributed by atoms with Gasteiger partial charge < -0.3 is 10.6 Å². The molecule has 2 amide bonds. The van der Waals surface area contributed by atoms with Gasteiger partial charge in [-0.1, -0.05) is 24.3 Å². The summed E-state index contributed by atoms with van der Waals surface area (Å²) in [5.74, 6) is 0.826. The minimum absolute atomic E-state index is 0.0267. The van der Waals surface area contributed by atoms with E-state index in [4.69, 9.17) is 0 Å². The Morgan fingerprint density at radius 3 is 2.57 bits per heavy atom. The van der Waals surface area contributed by atoms with Crippen LogP contribution in [0.15, 0.2) is 52.7 Å². The third kappa shape index (κ3) is 6.88. The Bertz CT molecular complexity index is 600. The SMILES string of the molecule is O=C(CCNC(=O)c1cccs1)NCCCSc1ccccc1. The predicted octanol–water partition coefficient (Wildman–Crippen LogP) is 3.17. The smallest absolute Gasteiger partial charge is 0.261 e. The van der Waals surface area contributed by atoms with E-state index in [2.05, 4.69) is 22.8 Å². The number of hydrogen-bond donors (Lipinski definition) is 2. The summed E-state index contributed by atoms with van der Waals surface area (Å²) in [5, 5.41) is 7.48. The number of hydrogen-bond acceptors (Lipinski definition) is 4. The zero-order valence-electron chi connectivity index (χ0n) is 12.8. The fourth-order valence-corrected chi connectivity index (χ4v) is 3.39. The van der Waals surface area contributed by atoms with E-state index in [-0.39, 0.29) is 11.8 Å². The lowest BCUT2D eigenvalue weighted by molar-refractivity contribution is -0.120. The van der Waals surface area contributed by atoms with Crippen LogP contribution >= 0.6 is 23.1 Å². The first-order valence-corrected chi connectivity index (χ1v) is 9.38. The van der Waals surface area contributed by atoms with Crippen molar-refractivity contribution in [2.45, 2.75) is 17.7 Å². The molecular formula is C17H20N2O2S2. The number of rotatable bonds is 9. The van der Waals surface area contributed by atoms with Gasteiger partial charge in [0.1, 0.15) is 0 Å². The van der Waals surface area contributed by atoms with Crippen LogP contribution in [0.2, 0.25) is 0 Å². The van der Waals surface area contributed by atoms with Gasteiger partial charge in [-0.2, -0.15) is 0 Å². The van der Waals surface area contributed by atoms with Crippen LogP contribution in [0.1, 0.15) is 22.5 Å². The van der Waals surface area contributed by atoms with Crippen molar-refractivity contribution in [2.75, 3.05) is 18.8 Å². The summed E-state index contributed by atoms with van der Waals surface area (Å²) in [6, 6.07) is 13.8. The van der Waals surface area contributed by atoms with Gasteiger partial charge >= 0.3 is 0 Å². The summed E-state index contributed by atoms with van der Waals surface area (Å²) in [7, 11) is 0. The van der Waals surface area contributed by atoms with Crippen molar-refractivity contribution in [3.8, 4) is 0 Å². The molecule has 0 fully saturated rings. The van der Waals surface area contributed by atoms with Crippen LogP contribution < -0.4 is 10.6 Å². The second-order valence-corrected chi connectivity index (χ2v) is 6.96. The Morgan fingerprint density at radius 2 is 1.83 bits per heavy atom. The zero-order chi connectivity index (χ0) is 16.3. The molecule has 0 aliphatic heterocycles. The lowest BCUT2D eigenvalue weighted by Gasteiger charge is -2.06. The van der Waals surface area contributed by atoms with E-state index in [1.54, 1.807) is 17.8 Å². The Kier molecular flexibility index (Phi) is 7.69. The van der Waals surface area contributed by atoms with Gasteiger partial charge in [-0.3, -0.25) is 9.59 Å². The topological polar surface area (TPSA) is 58.2 Å². The molecule has 0 unspecified atom stereocenters. The molecule has 0 spiro atoms. The molecule has 6 heteroatoms. The highest BCUT2D eigenvalue weighted by atomic mass is 32.2. The van der Waals surface area contributed by atoms with Gasteiger partial charge in [-0.25, -0.2) is 0 Å². The van der Waals surface area contributed by atoms with E-state index in [9.17, 15) is 9.59 Å². The molecule has 0 saturated carbocycles. The molecule has 0 aliphatic carbocycles. The number of carbonyl (C=O) groups excluding carboxylic acids is 2. The number of carbonyl (C=O) groups is 2. The molecule has 0 saturated heterocycles. The number of amides is 2. The van der Waals surface area contributed by atoms with Crippen molar-refractivity contribution in [2.24, 2.45) is 0 Å². The molecule has 2 aromatic rings. The molecule has 0 radical (unpaired) electrons. The van der Waals surface area contributed by atoms with Crippen LogP contribution in [0.4, 0.5) is 0 Å². The van der Waals surface area contributed by atoms with E-state index in [1.165, 1.54) is 16.2 Å². The standard InChI is InChI=1S/C17H20N2O2S2/c20-16(9-11-19-17(21)15-8-4-12-23-15)18-10-5-13-22-14-6-2-1-3-7-14/h1-4,6-8,12H,5,9-11,13H2,(H,18,20)(H,19,21). The Labute approximate surface area is 144 Å². The molecule has 4 nitrogen and oxygen atoms in total. The fourth-order valence-electron chi connectivity index (χ4n) is 1.88. The van der Waals surface area contributed by atoms with E-state index in [0.717, 1.165) is 12.2 Å². The third-order valence-corrected chi connectivity index (χ3v) is 5.00. The number of thiophene rings is 1. The zero-order valence-corrected chi connectivity index (χ0v) is 14.4. The molecule has 0 bridgehead atoms. The first-order chi connectivity index (χ1) is 11.3. The molecule has 0 aliphatic rings. The number of nitrogens with one attached hydrogen (secondary N) is 2. The van der Waals surface area contributed by atoms with Gasteiger partial charge in [0, 0.05) is 24.4 Å². The van der Waals surface area contributed by atoms with Crippen molar-refractivity contribution >= 4 is 34.9 Å². The maximum Gasteiger partial charge on any atom is 0.261 e. The average Bonchev–Trinajstić information content (AvgIpc) is 3.10. The lowest BCUT2D eigenvalue weighted by atomic mass is 10.3. The molecule has 1 aromatic heterocycles. The minimum Gasteiger partial charge on any atom is -0.356 e. The van der Waals surface area contributed by atoms with Crippen LogP contribution in [0.3, 0.4) is 0 Å². The predicted molar refractivity (Wildman–Crippen MR) is 96.1 cm³/mol. The van der Waals surface area contributed by atoms with Crippen LogP contribution in [0, 0.1) is 0 Å². The van der Waals surface area contributed by atoms with E-state index in [0.29, 0.717) is 24.4 Å². The third-order valence-electron chi connectivity index (χ3n) is 3.04. The summed E-state index contributed by atoms with van der Waals surface area (Å²) in [6.07, 6.45) is 1.23. The summed E-state index contributed by atoms with van der Waals surface area (Å²) in [6.45, 7) is 1.03. The molecule has 2 N–H and O–H groups in total. The van der Waals surface area contributed by atoms with Gasteiger partial charge in [0.15, 0.2) is 0 Å². The number of thioether (sulfide) groups is 1. The van der Waals surface area contributed by atoms with Crippen molar-refractivity contribution < 1.29 is 9.59 Å². The average molecular weight is 348 g/mol. The molecule has 1 aromatic carbocycles. The minimum atomic E-state index is -0.118. The molecular weight excluding hydrogens is 328 g/mol. The molecule has 1 heterocycles. The lowest BCUT2D eigenvalue weighted by Crippen LogP contribution is -2.31. The normalized spacial score (nSPS) is 10.3. The Hall–Kier alpha value is -1.79. The fraction of sp³-hybridized carbons (Fsp3) is 0.294. The Morgan fingerprint density at radius 1 is 1.00 bits per heavy atom. The van der Waals surface area contributed by atoms with E-state index >= 15 is 0 Å². The number of benzene rings is 1. The monoisotopic (exact) mass is 348 g/mol.